The molecule has 0 aromatic heterocycles. The van der Waals surface area contributed by atoms with Crippen molar-refractivity contribution in [1.82, 2.24) is 10.2 Å². The quantitative estimate of drug-likeness (QED) is 0.730. The number of rotatable bonds is 6. The van der Waals surface area contributed by atoms with E-state index in [4.69, 9.17) is 4.74 Å². The largest absolute Gasteiger partial charge is 0.465 e. The fraction of sp³-hybridized carbons (Fsp3) is 0.929. The van der Waals surface area contributed by atoms with Crippen molar-refractivity contribution in [3.63, 3.8) is 0 Å². The van der Waals surface area contributed by atoms with Gasteiger partial charge in [0, 0.05) is 18.6 Å². The van der Waals surface area contributed by atoms with Crippen molar-refractivity contribution in [3.8, 4) is 0 Å². The molecule has 1 aliphatic heterocycles. The van der Waals surface area contributed by atoms with E-state index in [-0.39, 0.29) is 12.0 Å². The van der Waals surface area contributed by atoms with Gasteiger partial charge >= 0.3 is 5.97 Å². The van der Waals surface area contributed by atoms with Crippen LogP contribution in [-0.4, -0.2) is 48.7 Å². The van der Waals surface area contributed by atoms with Gasteiger partial charge in [-0.1, -0.05) is 6.42 Å². The van der Waals surface area contributed by atoms with Gasteiger partial charge in [0.05, 0.1) is 6.61 Å². The molecule has 2 aliphatic rings. The maximum atomic E-state index is 11.9. The Balaban J connectivity index is 1.86. The lowest BCUT2D eigenvalue weighted by molar-refractivity contribution is -0.150. The number of hydrogen-bond acceptors (Lipinski definition) is 4. The zero-order valence-electron chi connectivity index (χ0n) is 11.7. The van der Waals surface area contributed by atoms with Crippen molar-refractivity contribution < 1.29 is 9.53 Å². The summed E-state index contributed by atoms with van der Waals surface area (Å²) in [6.07, 6.45) is 6.32. The van der Waals surface area contributed by atoms with E-state index in [9.17, 15) is 4.79 Å². The van der Waals surface area contributed by atoms with Gasteiger partial charge in [0.15, 0.2) is 0 Å². The van der Waals surface area contributed by atoms with Crippen LogP contribution in [0.5, 0.6) is 0 Å². The molecule has 0 aromatic rings. The van der Waals surface area contributed by atoms with Gasteiger partial charge in [-0.2, -0.15) is 0 Å². The first kappa shape index (κ1) is 13.8. The van der Waals surface area contributed by atoms with Crippen molar-refractivity contribution in [2.45, 2.75) is 64.1 Å². The van der Waals surface area contributed by atoms with E-state index in [2.05, 4.69) is 10.2 Å². The maximum Gasteiger partial charge on any atom is 0.323 e. The minimum Gasteiger partial charge on any atom is -0.465 e. The lowest BCUT2D eigenvalue weighted by Gasteiger charge is -2.38. The minimum atomic E-state index is -0.101. The molecule has 2 fully saturated rings. The van der Waals surface area contributed by atoms with Gasteiger partial charge in [0.2, 0.25) is 0 Å². The Kier molecular flexibility index (Phi) is 5.01. The fourth-order valence-corrected chi connectivity index (χ4v) is 2.74. The van der Waals surface area contributed by atoms with Crippen LogP contribution in [0.2, 0.25) is 0 Å². The number of carbonyl (C=O) groups excluding carboxylic acids is 1. The average molecular weight is 254 g/mol. The molecule has 1 aliphatic carbocycles. The van der Waals surface area contributed by atoms with Crippen LogP contribution in [0.25, 0.3) is 0 Å². The molecule has 2 unspecified atom stereocenters. The molecule has 1 heterocycles. The summed E-state index contributed by atoms with van der Waals surface area (Å²) in [6.45, 7) is 6.37. The molecule has 104 valence electrons. The van der Waals surface area contributed by atoms with E-state index in [1.165, 1.54) is 32.1 Å². The van der Waals surface area contributed by atoms with Crippen molar-refractivity contribution in [2.75, 3.05) is 19.7 Å². The summed E-state index contributed by atoms with van der Waals surface area (Å²) in [5.41, 5.74) is 0. The molecule has 2 atom stereocenters. The van der Waals surface area contributed by atoms with Crippen molar-refractivity contribution in [1.29, 1.82) is 0 Å². The predicted molar refractivity (Wildman–Crippen MR) is 71.5 cm³/mol. The Morgan fingerprint density at radius 2 is 2.17 bits per heavy atom. The Morgan fingerprint density at radius 3 is 2.83 bits per heavy atom. The second-order valence-corrected chi connectivity index (χ2v) is 5.50. The van der Waals surface area contributed by atoms with E-state index in [1.807, 2.05) is 13.8 Å². The van der Waals surface area contributed by atoms with Crippen LogP contribution in [0.4, 0.5) is 0 Å². The highest BCUT2D eigenvalue weighted by atomic mass is 16.5. The highest BCUT2D eigenvalue weighted by molar-refractivity contribution is 5.75. The minimum absolute atomic E-state index is 0.0733. The second-order valence-electron chi connectivity index (χ2n) is 5.50. The number of carbonyl (C=O) groups is 1. The zero-order chi connectivity index (χ0) is 13.0. The highest BCUT2D eigenvalue weighted by Gasteiger charge is 2.32. The average Bonchev–Trinajstić information content (AvgIpc) is 3.20. The summed E-state index contributed by atoms with van der Waals surface area (Å²) < 4.78 is 5.14. The van der Waals surface area contributed by atoms with Crippen molar-refractivity contribution in [3.05, 3.63) is 0 Å². The first-order chi connectivity index (χ1) is 8.72. The molecule has 0 aromatic carbocycles. The number of hydrogen-bond donors (Lipinski definition) is 1. The smallest absolute Gasteiger partial charge is 0.323 e. The van der Waals surface area contributed by atoms with Crippen LogP contribution in [0.3, 0.4) is 0 Å². The molecule has 4 heteroatoms. The van der Waals surface area contributed by atoms with E-state index in [1.54, 1.807) is 0 Å². The summed E-state index contributed by atoms with van der Waals surface area (Å²) in [4.78, 5) is 14.2. The lowest BCUT2D eigenvalue weighted by atomic mass is 10.00. The third kappa shape index (κ3) is 3.69. The zero-order valence-corrected chi connectivity index (χ0v) is 11.7. The Hall–Kier alpha value is -0.610. The summed E-state index contributed by atoms with van der Waals surface area (Å²) in [5.74, 6) is -0.0733. The molecule has 0 spiro atoms. The first-order valence-corrected chi connectivity index (χ1v) is 7.38. The number of piperidine rings is 1. The standard InChI is InChI=1S/C14H26N2O2/c1-3-18-14(17)11(2)16-9-5-4-6-13(16)10-15-12-7-8-12/h11-13,15H,3-10H2,1-2H3. The normalized spacial score (nSPS) is 26.9. The van der Waals surface area contributed by atoms with Gasteiger partial charge in [-0.3, -0.25) is 9.69 Å². The fourth-order valence-electron chi connectivity index (χ4n) is 2.74. The molecule has 0 radical (unpaired) electrons. The van der Waals surface area contributed by atoms with Gasteiger partial charge < -0.3 is 10.1 Å². The van der Waals surface area contributed by atoms with Crippen LogP contribution in [0.15, 0.2) is 0 Å². The topological polar surface area (TPSA) is 41.6 Å². The number of likely N-dealkylation sites (tertiary alicyclic amines) is 1. The van der Waals surface area contributed by atoms with E-state index in [0.29, 0.717) is 12.6 Å². The molecule has 2 rings (SSSR count). The van der Waals surface area contributed by atoms with Gasteiger partial charge in [0.1, 0.15) is 6.04 Å². The molecule has 0 amide bonds. The molecule has 18 heavy (non-hydrogen) atoms. The maximum absolute atomic E-state index is 11.9. The van der Waals surface area contributed by atoms with E-state index >= 15 is 0 Å². The summed E-state index contributed by atoms with van der Waals surface area (Å²) in [7, 11) is 0. The van der Waals surface area contributed by atoms with Crippen molar-refractivity contribution in [2.24, 2.45) is 0 Å². The van der Waals surface area contributed by atoms with Crippen LogP contribution in [0, 0.1) is 0 Å². The summed E-state index contributed by atoms with van der Waals surface area (Å²) in [5, 5.41) is 3.59. The van der Waals surface area contributed by atoms with Crippen LogP contribution in [0.1, 0.15) is 46.0 Å². The molecule has 4 nitrogen and oxygen atoms in total. The number of nitrogens with zero attached hydrogens (tertiary/aromatic N) is 1. The summed E-state index contributed by atoms with van der Waals surface area (Å²) in [6, 6.07) is 1.14. The molecule has 1 saturated heterocycles. The number of nitrogens with one attached hydrogen (secondary N) is 1. The van der Waals surface area contributed by atoms with Gasteiger partial charge in [0.25, 0.3) is 0 Å². The molecule has 1 N–H and O–H groups in total. The molecule has 1 saturated carbocycles. The van der Waals surface area contributed by atoms with Gasteiger partial charge in [-0.05, 0) is 46.1 Å². The third-order valence-electron chi connectivity index (χ3n) is 4.02. The van der Waals surface area contributed by atoms with Crippen LogP contribution < -0.4 is 5.32 Å². The highest BCUT2D eigenvalue weighted by Crippen LogP contribution is 2.23. The Labute approximate surface area is 110 Å². The third-order valence-corrected chi connectivity index (χ3v) is 4.02. The van der Waals surface area contributed by atoms with Crippen LogP contribution >= 0.6 is 0 Å². The van der Waals surface area contributed by atoms with E-state index in [0.717, 1.165) is 19.1 Å². The lowest BCUT2D eigenvalue weighted by Crippen LogP contribution is -2.52. The molecular formula is C14H26N2O2. The predicted octanol–water partition coefficient (Wildman–Crippen LogP) is 1.54. The number of ether oxygens (including phenoxy) is 1. The number of esters is 1. The summed E-state index contributed by atoms with van der Waals surface area (Å²) >= 11 is 0. The Bertz CT molecular complexity index is 279. The monoisotopic (exact) mass is 254 g/mol. The second kappa shape index (κ2) is 6.53. The van der Waals surface area contributed by atoms with E-state index < -0.39 is 0 Å². The van der Waals surface area contributed by atoms with Crippen molar-refractivity contribution >= 4 is 5.97 Å². The first-order valence-electron chi connectivity index (χ1n) is 7.38. The van der Waals surface area contributed by atoms with Gasteiger partial charge in [-0.25, -0.2) is 0 Å². The molecule has 0 bridgehead atoms. The Morgan fingerprint density at radius 1 is 1.39 bits per heavy atom. The van der Waals surface area contributed by atoms with Gasteiger partial charge in [-0.15, -0.1) is 0 Å². The van der Waals surface area contributed by atoms with Crippen LogP contribution in [-0.2, 0) is 9.53 Å². The molecular weight excluding hydrogens is 228 g/mol. The SMILES string of the molecule is CCOC(=O)C(C)N1CCCCC1CNC1CC1.